The molecular weight excluding hydrogens is 526 g/mol. The highest BCUT2D eigenvalue weighted by molar-refractivity contribution is 9.10. The van der Waals surface area contributed by atoms with E-state index in [1.807, 2.05) is 12.1 Å². The number of halogens is 2. The van der Waals surface area contributed by atoms with Crippen molar-refractivity contribution in [2.75, 3.05) is 18.5 Å². The molecule has 8 nitrogen and oxygen atoms in total. The molecule has 184 valence electrons. The number of carbonyl (C=O) groups is 3. The minimum atomic E-state index is -0.663. The van der Waals surface area contributed by atoms with E-state index in [4.69, 9.17) is 21.1 Å². The average molecular weight is 555 g/mol. The zero-order valence-corrected chi connectivity index (χ0v) is 21.7. The van der Waals surface area contributed by atoms with Crippen LogP contribution in [0.3, 0.4) is 0 Å². The second kappa shape index (κ2) is 13.2. The Morgan fingerprint density at radius 3 is 2.50 bits per heavy atom. The van der Waals surface area contributed by atoms with E-state index in [1.54, 1.807) is 51.1 Å². The van der Waals surface area contributed by atoms with Gasteiger partial charge in [0.25, 0.3) is 0 Å². The molecule has 2 aromatic carbocycles. The summed E-state index contributed by atoms with van der Waals surface area (Å²) in [7, 11) is 0. The SMILES string of the molecule is CC(C)(C)OC(=O)NCC(=O)Nc1cccc(CNC(=O)CCCOc2ccc(Br)cc2Cl)c1. The van der Waals surface area contributed by atoms with Gasteiger partial charge < -0.3 is 25.4 Å². The molecule has 0 spiro atoms. The molecule has 3 amide bonds. The van der Waals surface area contributed by atoms with Gasteiger partial charge in [-0.05, 0) is 63.1 Å². The van der Waals surface area contributed by atoms with Crippen LogP contribution in [-0.4, -0.2) is 36.7 Å². The maximum Gasteiger partial charge on any atom is 0.408 e. The van der Waals surface area contributed by atoms with E-state index in [0.717, 1.165) is 10.0 Å². The maximum absolute atomic E-state index is 12.1. The maximum atomic E-state index is 12.1. The highest BCUT2D eigenvalue weighted by atomic mass is 79.9. The lowest BCUT2D eigenvalue weighted by Crippen LogP contribution is -2.37. The topological polar surface area (TPSA) is 106 Å². The predicted molar refractivity (Wildman–Crippen MR) is 135 cm³/mol. The van der Waals surface area contributed by atoms with Gasteiger partial charge in [-0.15, -0.1) is 0 Å². The van der Waals surface area contributed by atoms with E-state index in [1.165, 1.54) is 0 Å². The molecule has 0 aromatic heterocycles. The smallest absolute Gasteiger partial charge is 0.408 e. The first-order valence-electron chi connectivity index (χ1n) is 10.7. The van der Waals surface area contributed by atoms with Crippen molar-refractivity contribution in [2.24, 2.45) is 0 Å². The van der Waals surface area contributed by atoms with E-state index >= 15 is 0 Å². The van der Waals surface area contributed by atoms with Crippen molar-refractivity contribution in [3.05, 3.63) is 57.5 Å². The molecule has 2 rings (SSSR count). The Balaban J connectivity index is 1.69. The number of rotatable bonds is 10. The Labute approximate surface area is 212 Å². The zero-order valence-electron chi connectivity index (χ0n) is 19.4. The van der Waals surface area contributed by atoms with Crippen molar-refractivity contribution in [1.82, 2.24) is 10.6 Å². The van der Waals surface area contributed by atoms with Crippen LogP contribution in [0.15, 0.2) is 46.9 Å². The van der Waals surface area contributed by atoms with Crippen molar-refractivity contribution in [2.45, 2.75) is 45.8 Å². The Hall–Kier alpha value is -2.78. The van der Waals surface area contributed by atoms with Gasteiger partial charge in [-0.1, -0.05) is 39.7 Å². The molecule has 2 aromatic rings. The predicted octanol–water partition coefficient (Wildman–Crippen LogP) is 5.04. The summed E-state index contributed by atoms with van der Waals surface area (Å²) in [5.41, 5.74) is 0.742. The van der Waals surface area contributed by atoms with Crippen LogP contribution in [0.25, 0.3) is 0 Å². The molecule has 0 bridgehead atoms. The Morgan fingerprint density at radius 1 is 1.03 bits per heavy atom. The number of hydrogen-bond acceptors (Lipinski definition) is 5. The number of alkyl carbamates (subject to hydrolysis) is 1. The molecule has 34 heavy (non-hydrogen) atoms. The fraction of sp³-hybridized carbons (Fsp3) is 0.375. The first-order valence-corrected chi connectivity index (χ1v) is 11.9. The molecule has 0 saturated carbocycles. The van der Waals surface area contributed by atoms with Crippen molar-refractivity contribution >= 4 is 51.1 Å². The molecule has 0 heterocycles. The van der Waals surface area contributed by atoms with Crippen LogP contribution in [0.5, 0.6) is 5.75 Å². The quantitative estimate of drug-likeness (QED) is 0.357. The molecule has 0 atom stereocenters. The van der Waals surface area contributed by atoms with Crippen molar-refractivity contribution in [1.29, 1.82) is 0 Å². The van der Waals surface area contributed by atoms with Gasteiger partial charge in [0, 0.05) is 23.1 Å². The number of nitrogens with one attached hydrogen (secondary N) is 3. The lowest BCUT2D eigenvalue weighted by Gasteiger charge is -2.19. The van der Waals surface area contributed by atoms with E-state index in [2.05, 4.69) is 31.9 Å². The van der Waals surface area contributed by atoms with Crippen LogP contribution < -0.4 is 20.7 Å². The van der Waals surface area contributed by atoms with Crippen molar-refractivity contribution in [3.8, 4) is 5.75 Å². The molecular formula is C24H29BrClN3O5. The molecule has 0 unspecified atom stereocenters. The zero-order chi connectivity index (χ0) is 25.1. The summed E-state index contributed by atoms with van der Waals surface area (Å²) in [5.74, 6) is 0.0739. The summed E-state index contributed by atoms with van der Waals surface area (Å²) in [4.78, 5) is 35.8. The number of benzene rings is 2. The Bertz CT molecular complexity index is 1010. The largest absolute Gasteiger partial charge is 0.492 e. The summed E-state index contributed by atoms with van der Waals surface area (Å²) in [6.07, 6.45) is 0.185. The van der Waals surface area contributed by atoms with Gasteiger partial charge in [0.1, 0.15) is 17.9 Å². The minimum absolute atomic E-state index is 0.110. The summed E-state index contributed by atoms with van der Waals surface area (Å²) in [6, 6.07) is 12.4. The fourth-order valence-corrected chi connectivity index (χ4v) is 3.45. The van der Waals surface area contributed by atoms with Crippen molar-refractivity contribution < 1.29 is 23.9 Å². The van der Waals surface area contributed by atoms with Gasteiger partial charge >= 0.3 is 6.09 Å². The third-order valence-corrected chi connectivity index (χ3v) is 4.98. The van der Waals surface area contributed by atoms with Crippen LogP contribution in [0.1, 0.15) is 39.2 Å². The third kappa shape index (κ3) is 10.9. The van der Waals surface area contributed by atoms with E-state index in [0.29, 0.717) is 42.5 Å². The van der Waals surface area contributed by atoms with Crippen LogP contribution in [-0.2, 0) is 20.9 Å². The first kappa shape index (κ1) is 27.5. The second-order valence-electron chi connectivity index (χ2n) is 8.41. The first-order chi connectivity index (χ1) is 16.0. The fourth-order valence-electron chi connectivity index (χ4n) is 2.73. The standard InChI is InChI=1S/C24H29BrClN3O5/c1-24(2,3)34-23(32)28-15-22(31)29-18-7-4-6-16(12-18)14-27-21(30)8-5-11-33-20-10-9-17(25)13-19(20)26/h4,6-7,9-10,12-13H,5,8,11,14-15H2,1-3H3,(H,27,30)(H,28,32)(H,29,31). The van der Waals surface area contributed by atoms with Crippen LogP contribution >= 0.6 is 27.5 Å². The summed E-state index contributed by atoms with van der Waals surface area (Å²) < 4.78 is 11.6. The normalized spacial score (nSPS) is 10.9. The van der Waals surface area contributed by atoms with Crippen LogP contribution in [0.2, 0.25) is 5.02 Å². The summed E-state index contributed by atoms with van der Waals surface area (Å²) in [5, 5.41) is 8.46. The lowest BCUT2D eigenvalue weighted by molar-refractivity contribution is -0.121. The minimum Gasteiger partial charge on any atom is -0.492 e. The van der Waals surface area contributed by atoms with E-state index in [-0.39, 0.29) is 12.5 Å². The third-order valence-electron chi connectivity index (χ3n) is 4.19. The number of anilines is 1. The number of ether oxygens (including phenoxy) is 2. The molecule has 0 aliphatic carbocycles. The molecule has 0 aliphatic heterocycles. The van der Waals surface area contributed by atoms with Crippen molar-refractivity contribution in [3.63, 3.8) is 0 Å². The number of hydrogen-bond donors (Lipinski definition) is 3. The average Bonchev–Trinajstić information content (AvgIpc) is 2.74. The molecule has 0 fully saturated rings. The molecule has 3 N–H and O–H groups in total. The van der Waals surface area contributed by atoms with E-state index in [9.17, 15) is 14.4 Å². The molecule has 0 saturated heterocycles. The Kier molecular flexibility index (Phi) is 10.7. The van der Waals surface area contributed by atoms with Gasteiger partial charge in [0.15, 0.2) is 0 Å². The summed E-state index contributed by atoms with van der Waals surface area (Å²) in [6.45, 7) is 5.69. The summed E-state index contributed by atoms with van der Waals surface area (Å²) >= 11 is 9.44. The Morgan fingerprint density at radius 2 is 1.79 bits per heavy atom. The molecule has 10 heteroatoms. The van der Waals surface area contributed by atoms with Gasteiger partial charge in [-0.3, -0.25) is 9.59 Å². The lowest BCUT2D eigenvalue weighted by atomic mass is 10.2. The van der Waals surface area contributed by atoms with Gasteiger partial charge in [0.05, 0.1) is 11.6 Å². The van der Waals surface area contributed by atoms with Crippen LogP contribution in [0, 0.1) is 0 Å². The van der Waals surface area contributed by atoms with Gasteiger partial charge in [-0.25, -0.2) is 4.79 Å². The monoisotopic (exact) mass is 553 g/mol. The molecule has 0 radical (unpaired) electrons. The van der Waals surface area contributed by atoms with Crippen LogP contribution in [0.4, 0.5) is 10.5 Å². The van der Waals surface area contributed by atoms with E-state index < -0.39 is 17.6 Å². The highest BCUT2D eigenvalue weighted by Crippen LogP contribution is 2.27. The molecule has 0 aliphatic rings. The van der Waals surface area contributed by atoms with Gasteiger partial charge in [-0.2, -0.15) is 0 Å². The number of amides is 3. The highest BCUT2D eigenvalue weighted by Gasteiger charge is 2.16. The second-order valence-corrected chi connectivity index (χ2v) is 9.73. The number of carbonyl (C=O) groups excluding carboxylic acids is 3. The van der Waals surface area contributed by atoms with Gasteiger partial charge in [0.2, 0.25) is 11.8 Å².